The number of hydrazine groups is 1. The van der Waals surface area contributed by atoms with Gasteiger partial charge in [-0.3, -0.25) is 10.2 Å². The minimum Gasteiger partial charge on any atom is -0.481 e. The second-order valence-corrected chi connectivity index (χ2v) is 4.36. The van der Waals surface area contributed by atoms with Crippen LogP contribution in [0.4, 0.5) is 4.79 Å². The molecule has 1 saturated heterocycles. The SMILES string of the molecule is CN1CCN(NC(=O)N[C@@H](CC(=O)O)C(=O)O)CC1. The van der Waals surface area contributed by atoms with Gasteiger partial charge in [-0.15, -0.1) is 0 Å². The molecule has 0 radical (unpaired) electrons. The summed E-state index contributed by atoms with van der Waals surface area (Å²) in [6.07, 6.45) is -0.661. The Bertz CT molecular complexity index is 354. The van der Waals surface area contributed by atoms with Crippen LogP contribution < -0.4 is 10.7 Å². The van der Waals surface area contributed by atoms with Crippen LogP contribution in [0.15, 0.2) is 0 Å². The molecule has 1 heterocycles. The number of piperazine rings is 1. The number of carboxylic acids is 2. The molecule has 0 aromatic carbocycles. The highest BCUT2D eigenvalue weighted by Gasteiger charge is 2.24. The van der Waals surface area contributed by atoms with E-state index < -0.39 is 30.4 Å². The molecule has 1 aliphatic rings. The summed E-state index contributed by atoms with van der Waals surface area (Å²) in [5, 5.41) is 21.1. The maximum absolute atomic E-state index is 11.6. The number of likely N-dealkylation sites (N-methyl/N-ethyl adjacent to an activating group) is 1. The maximum Gasteiger partial charge on any atom is 0.330 e. The van der Waals surface area contributed by atoms with Crippen molar-refractivity contribution in [3.63, 3.8) is 0 Å². The van der Waals surface area contributed by atoms with Gasteiger partial charge in [-0.05, 0) is 7.05 Å². The fourth-order valence-corrected chi connectivity index (χ4v) is 1.63. The van der Waals surface area contributed by atoms with Gasteiger partial charge in [0.15, 0.2) is 0 Å². The van der Waals surface area contributed by atoms with Gasteiger partial charge in [-0.1, -0.05) is 0 Å². The average Bonchev–Trinajstić information content (AvgIpc) is 2.30. The minimum absolute atomic E-state index is 0.626. The first-order chi connectivity index (χ1) is 8.88. The van der Waals surface area contributed by atoms with Gasteiger partial charge in [0.2, 0.25) is 0 Å². The first-order valence-corrected chi connectivity index (χ1v) is 5.83. The molecule has 1 aliphatic heterocycles. The van der Waals surface area contributed by atoms with Crippen molar-refractivity contribution in [3.8, 4) is 0 Å². The van der Waals surface area contributed by atoms with E-state index >= 15 is 0 Å². The number of urea groups is 1. The first-order valence-electron chi connectivity index (χ1n) is 5.83. The zero-order valence-corrected chi connectivity index (χ0v) is 10.6. The summed E-state index contributed by atoms with van der Waals surface area (Å²) in [5.74, 6) is -2.66. The van der Waals surface area contributed by atoms with Gasteiger partial charge in [0.05, 0.1) is 6.42 Å². The smallest absolute Gasteiger partial charge is 0.330 e. The highest BCUT2D eigenvalue weighted by atomic mass is 16.4. The number of carboxylic acid groups (broad SMARTS) is 2. The van der Waals surface area contributed by atoms with Gasteiger partial charge in [0.25, 0.3) is 0 Å². The van der Waals surface area contributed by atoms with E-state index in [1.165, 1.54) is 0 Å². The lowest BCUT2D eigenvalue weighted by Gasteiger charge is -2.32. The number of nitrogens with zero attached hydrogens (tertiary/aromatic N) is 2. The van der Waals surface area contributed by atoms with Gasteiger partial charge < -0.3 is 20.4 Å². The molecule has 0 spiro atoms. The molecule has 1 rings (SSSR count). The molecule has 0 bridgehead atoms. The average molecular weight is 274 g/mol. The largest absolute Gasteiger partial charge is 0.481 e. The zero-order valence-electron chi connectivity index (χ0n) is 10.6. The van der Waals surface area contributed by atoms with E-state index in [9.17, 15) is 14.4 Å². The monoisotopic (exact) mass is 274 g/mol. The highest BCUT2D eigenvalue weighted by Crippen LogP contribution is 1.96. The molecular formula is C10H18N4O5. The molecule has 1 atom stereocenters. The number of hydrogen-bond donors (Lipinski definition) is 4. The lowest BCUT2D eigenvalue weighted by atomic mass is 10.2. The Labute approximate surface area is 110 Å². The molecular weight excluding hydrogens is 256 g/mol. The Kier molecular flexibility index (Phi) is 5.52. The molecule has 9 heteroatoms. The summed E-state index contributed by atoms with van der Waals surface area (Å²) in [6, 6.07) is -2.15. The van der Waals surface area contributed by atoms with Crippen molar-refractivity contribution < 1.29 is 24.6 Å². The van der Waals surface area contributed by atoms with Crippen molar-refractivity contribution in [2.75, 3.05) is 33.2 Å². The predicted molar refractivity (Wildman–Crippen MR) is 64.4 cm³/mol. The van der Waals surface area contributed by atoms with E-state index in [-0.39, 0.29) is 0 Å². The summed E-state index contributed by atoms with van der Waals surface area (Å²) in [4.78, 5) is 34.9. The molecule has 0 aromatic rings. The molecule has 4 N–H and O–H groups in total. The molecule has 19 heavy (non-hydrogen) atoms. The van der Waals surface area contributed by atoms with E-state index in [4.69, 9.17) is 10.2 Å². The van der Waals surface area contributed by atoms with Crippen LogP contribution in [-0.4, -0.2) is 77.4 Å². The molecule has 9 nitrogen and oxygen atoms in total. The number of hydrogen-bond acceptors (Lipinski definition) is 5. The second-order valence-electron chi connectivity index (χ2n) is 4.36. The van der Waals surface area contributed by atoms with Crippen molar-refractivity contribution in [1.29, 1.82) is 0 Å². The van der Waals surface area contributed by atoms with Gasteiger partial charge >= 0.3 is 18.0 Å². The van der Waals surface area contributed by atoms with Crippen molar-refractivity contribution in [2.45, 2.75) is 12.5 Å². The third-order valence-electron chi connectivity index (χ3n) is 2.75. The number of aliphatic carboxylic acids is 2. The van der Waals surface area contributed by atoms with Crippen LogP contribution in [0.2, 0.25) is 0 Å². The molecule has 1 fully saturated rings. The Morgan fingerprint density at radius 2 is 1.74 bits per heavy atom. The van der Waals surface area contributed by atoms with Crippen LogP contribution >= 0.6 is 0 Å². The number of carbonyl (C=O) groups is 3. The van der Waals surface area contributed by atoms with E-state index in [2.05, 4.69) is 15.6 Å². The molecule has 0 aromatic heterocycles. The summed E-state index contributed by atoms with van der Waals surface area (Å²) < 4.78 is 0. The zero-order chi connectivity index (χ0) is 14.4. The highest BCUT2D eigenvalue weighted by molar-refractivity contribution is 5.85. The van der Waals surface area contributed by atoms with Crippen molar-refractivity contribution >= 4 is 18.0 Å². The van der Waals surface area contributed by atoms with Crippen LogP contribution in [0.25, 0.3) is 0 Å². The van der Waals surface area contributed by atoms with Gasteiger partial charge in [0.1, 0.15) is 6.04 Å². The van der Waals surface area contributed by atoms with Crippen molar-refractivity contribution in [2.24, 2.45) is 0 Å². The van der Waals surface area contributed by atoms with Crippen molar-refractivity contribution in [3.05, 3.63) is 0 Å². The van der Waals surface area contributed by atoms with E-state index in [0.717, 1.165) is 13.1 Å². The Balaban J connectivity index is 2.40. The molecule has 108 valence electrons. The van der Waals surface area contributed by atoms with Crippen LogP contribution in [0.1, 0.15) is 6.42 Å². The summed E-state index contributed by atoms with van der Waals surface area (Å²) >= 11 is 0. The quantitative estimate of drug-likeness (QED) is 0.475. The first kappa shape index (κ1) is 15.2. The van der Waals surface area contributed by atoms with Gasteiger partial charge in [-0.25, -0.2) is 14.6 Å². The number of rotatable bonds is 5. The molecule has 0 aliphatic carbocycles. The number of nitrogens with one attached hydrogen (secondary N) is 2. The Hall–Kier alpha value is -1.87. The lowest BCUT2D eigenvalue weighted by Crippen LogP contribution is -2.57. The second kappa shape index (κ2) is 6.90. The standard InChI is InChI=1S/C10H18N4O5/c1-13-2-4-14(5-3-13)12-10(19)11-7(9(17)18)6-8(15)16/h7H,2-6H2,1H3,(H,15,16)(H,17,18)(H2,11,12,19)/t7-/m0/s1. The van der Waals surface area contributed by atoms with E-state index in [1.807, 2.05) is 7.05 Å². The van der Waals surface area contributed by atoms with Gasteiger partial charge in [0, 0.05) is 26.2 Å². The Morgan fingerprint density at radius 1 is 1.16 bits per heavy atom. The summed E-state index contributed by atoms with van der Waals surface area (Å²) in [7, 11) is 1.96. The third kappa shape index (κ3) is 5.53. The molecule has 0 unspecified atom stereocenters. The number of carbonyl (C=O) groups excluding carboxylic acids is 1. The summed E-state index contributed by atoms with van der Waals surface area (Å²) in [6.45, 7) is 2.83. The van der Waals surface area contributed by atoms with E-state index in [1.54, 1.807) is 5.01 Å². The maximum atomic E-state index is 11.6. The molecule has 2 amide bonds. The lowest BCUT2D eigenvalue weighted by molar-refractivity contribution is -0.145. The van der Waals surface area contributed by atoms with E-state index in [0.29, 0.717) is 13.1 Å². The van der Waals surface area contributed by atoms with Crippen LogP contribution in [-0.2, 0) is 9.59 Å². The number of amides is 2. The van der Waals surface area contributed by atoms with Crippen LogP contribution in [0, 0.1) is 0 Å². The molecule has 0 saturated carbocycles. The normalized spacial score (nSPS) is 18.6. The Morgan fingerprint density at radius 3 is 2.21 bits per heavy atom. The fraction of sp³-hybridized carbons (Fsp3) is 0.700. The van der Waals surface area contributed by atoms with Crippen LogP contribution in [0.5, 0.6) is 0 Å². The summed E-state index contributed by atoms with van der Waals surface area (Å²) in [5.41, 5.74) is 2.50. The predicted octanol–water partition coefficient (Wildman–Crippen LogP) is -1.62. The fourth-order valence-electron chi connectivity index (χ4n) is 1.63. The van der Waals surface area contributed by atoms with Crippen LogP contribution in [0.3, 0.4) is 0 Å². The minimum atomic E-state index is -1.44. The van der Waals surface area contributed by atoms with Crippen molar-refractivity contribution in [1.82, 2.24) is 20.7 Å². The third-order valence-corrected chi connectivity index (χ3v) is 2.75. The van der Waals surface area contributed by atoms with Gasteiger partial charge in [-0.2, -0.15) is 0 Å². The topological polar surface area (TPSA) is 122 Å².